The maximum atomic E-state index is 14.0. The fraction of sp³-hybridized carbons (Fsp3) is 0.371. The summed E-state index contributed by atoms with van der Waals surface area (Å²) in [6.07, 6.45) is -0.329. The van der Waals surface area contributed by atoms with Crippen molar-refractivity contribution in [2.75, 3.05) is 31.8 Å². The molecule has 13 nitrogen and oxygen atoms in total. The topological polar surface area (TPSA) is 172 Å². The number of rotatable bonds is 14. The van der Waals surface area contributed by atoms with E-state index in [1.165, 1.54) is 23.8 Å². The molecule has 0 radical (unpaired) electrons. The summed E-state index contributed by atoms with van der Waals surface area (Å²) in [4.78, 5) is 64.2. The van der Waals surface area contributed by atoms with Gasteiger partial charge in [0.15, 0.2) is 16.9 Å². The van der Waals surface area contributed by atoms with E-state index >= 15 is 0 Å². The molecule has 2 aromatic carbocycles. The number of methoxy groups -OCH3 is 1. The number of thioether (sulfide) groups is 1. The van der Waals surface area contributed by atoms with Crippen molar-refractivity contribution in [2.24, 2.45) is 5.16 Å². The maximum Gasteiger partial charge on any atom is 0.356 e. The Morgan fingerprint density at radius 1 is 1.08 bits per heavy atom. The van der Waals surface area contributed by atoms with Crippen LogP contribution in [0.2, 0.25) is 0 Å². The molecule has 0 aliphatic carbocycles. The molecule has 50 heavy (non-hydrogen) atoms. The highest BCUT2D eigenvalue weighted by Crippen LogP contribution is 2.41. The summed E-state index contributed by atoms with van der Waals surface area (Å²) < 4.78 is 16.8. The molecule has 15 heteroatoms. The molecule has 0 saturated carbocycles. The molecule has 2 amide bonds. The highest BCUT2D eigenvalue weighted by Gasteiger charge is 2.55. The van der Waals surface area contributed by atoms with Crippen LogP contribution in [0.4, 0.5) is 5.13 Å². The number of fused-ring (bicyclic) bond motifs is 1. The fourth-order valence-corrected chi connectivity index (χ4v) is 7.17. The predicted octanol–water partition coefficient (Wildman–Crippen LogP) is 4.20. The zero-order valence-electron chi connectivity index (χ0n) is 28.1. The van der Waals surface area contributed by atoms with Crippen LogP contribution in [0.3, 0.4) is 0 Å². The first-order chi connectivity index (χ1) is 24.0. The van der Waals surface area contributed by atoms with Crippen molar-refractivity contribution in [1.82, 2.24) is 15.2 Å². The molecule has 3 heterocycles. The standard InChI is InChI=1S/C35H39N5O8S2/c1-35(2,3)48-25(41)16-11-17-46-39-26(24-20-50-34(36)37-24)30(42)38-27-31(43)40-28(23(18-45-4)19-49-32(27)40)33(44)47-29(21-12-7-5-8-13-21)22-14-9-6-10-15-22/h5-10,12-15,20,27,29,32H,11,16-19H2,1-4H3,(H2,36,37)(H,38,42)/b39-26+. The monoisotopic (exact) mass is 721 g/mol. The number of anilines is 1. The number of nitrogen functional groups attached to an aromatic ring is 1. The van der Waals surface area contributed by atoms with Crippen molar-refractivity contribution in [2.45, 2.75) is 56.7 Å². The molecule has 0 bridgehead atoms. The number of nitrogens with one attached hydrogen (secondary N) is 1. The van der Waals surface area contributed by atoms with Gasteiger partial charge in [-0.15, -0.1) is 23.1 Å². The minimum absolute atomic E-state index is 0.0236. The van der Waals surface area contributed by atoms with Crippen LogP contribution in [0, 0.1) is 0 Å². The number of benzene rings is 2. The smallest absolute Gasteiger partial charge is 0.356 e. The molecule has 2 aliphatic heterocycles. The lowest BCUT2D eigenvalue weighted by atomic mass is 10.0. The average Bonchev–Trinajstić information content (AvgIpc) is 3.52. The van der Waals surface area contributed by atoms with E-state index in [2.05, 4.69) is 15.5 Å². The van der Waals surface area contributed by atoms with Gasteiger partial charge >= 0.3 is 11.9 Å². The Kier molecular flexibility index (Phi) is 11.9. The summed E-state index contributed by atoms with van der Waals surface area (Å²) in [6.45, 7) is 5.48. The third-order valence-corrected chi connectivity index (χ3v) is 9.46. The first-order valence-corrected chi connectivity index (χ1v) is 17.8. The highest BCUT2D eigenvalue weighted by molar-refractivity contribution is 8.00. The normalized spacial score (nSPS) is 17.6. The third-order valence-electron chi connectivity index (χ3n) is 7.45. The number of β-lactam (4-membered cyclic amide) rings is 1. The third kappa shape index (κ3) is 8.89. The SMILES string of the molecule is COCC1=C(C(=O)OC(c2ccccc2)c2ccccc2)N2C(=O)C(NC(=O)/C(=N/OCCCC(=O)OC(C)(C)C)c3csc(N)n3)C2SC1. The molecule has 0 spiro atoms. The van der Waals surface area contributed by atoms with E-state index < -0.39 is 40.9 Å². The number of carbonyl (C=O) groups is 4. The van der Waals surface area contributed by atoms with E-state index in [4.69, 9.17) is 24.8 Å². The molecule has 3 aromatic rings. The molecule has 2 unspecified atom stereocenters. The van der Waals surface area contributed by atoms with Gasteiger partial charge in [-0.25, -0.2) is 9.78 Å². The minimum atomic E-state index is -0.980. The van der Waals surface area contributed by atoms with Crippen LogP contribution in [0.1, 0.15) is 56.5 Å². The van der Waals surface area contributed by atoms with Crippen molar-refractivity contribution in [3.05, 3.63) is 94.1 Å². The van der Waals surface area contributed by atoms with Gasteiger partial charge < -0.3 is 30.1 Å². The summed E-state index contributed by atoms with van der Waals surface area (Å²) in [7, 11) is 1.51. The molecule has 2 atom stereocenters. The lowest BCUT2D eigenvalue weighted by molar-refractivity contribution is -0.155. The Balaban J connectivity index is 1.30. The number of hydrogen-bond donors (Lipinski definition) is 2. The Bertz CT molecular complexity index is 1720. The van der Waals surface area contributed by atoms with E-state index in [0.717, 1.165) is 22.5 Å². The second kappa shape index (κ2) is 16.3. The van der Waals surface area contributed by atoms with Crippen LogP contribution < -0.4 is 11.1 Å². The Morgan fingerprint density at radius 3 is 2.32 bits per heavy atom. The van der Waals surface area contributed by atoms with Gasteiger partial charge in [0.25, 0.3) is 11.8 Å². The van der Waals surface area contributed by atoms with Crippen molar-refractivity contribution < 1.29 is 38.2 Å². The van der Waals surface area contributed by atoms with Crippen LogP contribution in [-0.4, -0.2) is 82.4 Å². The Labute approximate surface area is 298 Å². The van der Waals surface area contributed by atoms with E-state index in [9.17, 15) is 19.2 Å². The van der Waals surface area contributed by atoms with Crippen molar-refractivity contribution in [3.8, 4) is 0 Å². The summed E-state index contributed by atoms with van der Waals surface area (Å²) >= 11 is 2.50. The number of amides is 2. The number of carbonyl (C=O) groups excluding carboxylic acids is 4. The number of nitrogens with two attached hydrogens (primary N) is 1. The number of hydrogen-bond acceptors (Lipinski definition) is 13. The molecular formula is C35H39N5O8S2. The van der Waals surface area contributed by atoms with Crippen LogP contribution in [-0.2, 0) is 38.2 Å². The molecule has 5 rings (SSSR count). The lowest BCUT2D eigenvalue weighted by Crippen LogP contribution is -2.71. The van der Waals surface area contributed by atoms with E-state index in [-0.39, 0.29) is 47.8 Å². The van der Waals surface area contributed by atoms with Crippen LogP contribution >= 0.6 is 23.1 Å². The minimum Gasteiger partial charge on any atom is -0.460 e. The van der Waals surface area contributed by atoms with E-state index in [1.54, 1.807) is 26.2 Å². The number of oxime groups is 1. The zero-order valence-corrected chi connectivity index (χ0v) is 29.8. The summed E-state index contributed by atoms with van der Waals surface area (Å²) in [5.74, 6) is -1.91. The van der Waals surface area contributed by atoms with Gasteiger partial charge in [-0.05, 0) is 43.9 Å². The number of esters is 2. The molecule has 3 N–H and O–H groups in total. The van der Waals surface area contributed by atoms with Crippen molar-refractivity contribution in [1.29, 1.82) is 0 Å². The fourth-order valence-electron chi connectivity index (χ4n) is 5.30. The van der Waals surface area contributed by atoms with Gasteiger partial charge in [0.1, 0.15) is 35.0 Å². The highest BCUT2D eigenvalue weighted by atomic mass is 32.2. The number of aromatic nitrogens is 1. The van der Waals surface area contributed by atoms with Gasteiger partial charge in [0.05, 0.1) is 6.61 Å². The Hall–Kier alpha value is -4.73. The second-order valence-electron chi connectivity index (χ2n) is 12.4. The van der Waals surface area contributed by atoms with Gasteiger partial charge in [-0.2, -0.15) is 0 Å². The molecule has 264 valence electrons. The maximum absolute atomic E-state index is 14.0. The number of nitrogens with zero attached hydrogens (tertiary/aromatic N) is 3. The summed E-state index contributed by atoms with van der Waals surface area (Å²) in [6, 6.07) is 17.7. The molecule has 1 saturated heterocycles. The van der Waals surface area contributed by atoms with Gasteiger partial charge in [-0.1, -0.05) is 65.8 Å². The second-order valence-corrected chi connectivity index (χ2v) is 14.4. The van der Waals surface area contributed by atoms with Crippen LogP contribution in [0.25, 0.3) is 0 Å². The Morgan fingerprint density at radius 2 is 1.74 bits per heavy atom. The number of ether oxygens (including phenoxy) is 3. The van der Waals surface area contributed by atoms with Crippen LogP contribution in [0.15, 0.2) is 82.5 Å². The molecule has 1 fully saturated rings. The van der Waals surface area contributed by atoms with Gasteiger partial charge in [0.2, 0.25) is 0 Å². The summed E-state index contributed by atoms with van der Waals surface area (Å²) in [5, 5.41) is 7.90. The van der Waals surface area contributed by atoms with Crippen LogP contribution in [0.5, 0.6) is 0 Å². The zero-order chi connectivity index (χ0) is 35.8. The largest absolute Gasteiger partial charge is 0.460 e. The molecule has 1 aromatic heterocycles. The van der Waals surface area contributed by atoms with Gasteiger partial charge in [-0.3, -0.25) is 19.3 Å². The quantitative estimate of drug-likeness (QED) is 0.0804. The van der Waals surface area contributed by atoms with E-state index in [0.29, 0.717) is 17.7 Å². The predicted molar refractivity (Wildman–Crippen MR) is 189 cm³/mol. The van der Waals surface area contributed by atoms with E-state index in [1.807, 2.05) is 60.7 Å². The van der Waals surface area contributed by atoms with Crippen molar-refractivity contribution >= 4 is 57.7 Å². The average molecular weight is 722 g/mol. The number of thiazole rings is 1. The molecule has 2 aliphatic rings. The first-order valence-electron chi connectivity index (χ1n) is 15.9. The molecular weight excluding hydrogens is 683 g/mol. The lowest BCUT2D eigenvalue weighted by Gasteiger charge is -2.49. The summed E-state index contributed by atoms with van der Waals surface area (Å²) in [5.41, 5.74) is 7.41. The van der Waals surface area contributed by atoms with Crippen molar-refractivity contribution in [3.63, 3.8) is 0 Å². The van der Waals surface area contributed by atoms with Gasteiger partial charge in [0, 0.05) is 24.7 Å². The first kappa shape index (κ1) is 36.5.